The number of likely N-dealkylation sites (tertiary alicyclic amines) is 2. The maximum Gasteiger partial charge on any atom is 0.419 e. The van der Waals surface area contributed by atoms with Crippen LogP contribution in [0.2, 0.25) is 10.0 Å². The van der Waals surface area contributed by atoms with E-state index in [-0.39, 0.29) is 46.9 Å². The highest BCUT2D eigenvalue weighted by atomic mass is 35.5. The second-order valence-electron chi connectivity index (χ2n) is 12.0. The summed E-state index contributed by atoms with van der Waals surface area (Å²) >= 11 is 12.5. The zero-order valence-electron chi connectivity index (χ0n) is 24.2. The van der Waals surface area contributed by atoms with Gasteiger partial charge in [0.2, 0.25) is 11.8 Å². The van der Waals surface area contributed by atoms with Crippen LogP contribution < -0.4 is 4.74 Å². The third-order valence-electron chi connectivity index (χ3n) is 9.19. The van der Waals surface area contributed by atoms with Gasteiger partial charge in [-0.3, -0.25) is 14.4 Å². The molecule has 0 aromatic heterocycles. The quantitative estimate of drug-likeness (QED) is 0.382. The fourth-order valence-electron chi connectivity index (χ4n) is 6.22. The Balaban J connectivity index is 1.37. The Morgan fingerprint density at radius 1 is 0.977 bits per heavy atom. The van der Waals surface area contributed by atoms with E-state index in [1.54, 1.807) is 23.1 Å². The van der Waals surface area contributed by atoms with Crippen molar-refractivity contribution < 1.29 is 32.3 Å². The Labute approximate surface area is 258 Å². The van der Waals surface area contributed by atoms with E-state index in [1.165, 1.54) is 18.0 Å². The molecule has 2 saturated heterocycles. The van der Waals surface area contributed by atoms with Gasteiger partial charge >= 0.3 is 6.18 Å². The van der Waals surface area contributed by atoms with Gasteiger partial charge in [-0.2, -0.15) is 13.2 Å². The van der Waals surface area contributed by atoms with Crippen LogP contribution in [0.4, 0.5) is 13.2 Å². The first-order valence-corrected chi connectivity index (χ1v) is 15.0. The maximum absolute atomic E-state index is 13.8. The highest BCUT2D eigenvalue weighted by molar-refractivity contribution is 6.42. The summed E-state index contributed by atoms with van der Waals surface area (Å²) in [5.41, 5.74) is -0.680. The van der Waals surface area contributed by atoms with Gasteiger partial charge < -0.3 is 19.4 Å². The number of piperidine rings is 1. The third kappa shape index (κ3) is 6.32. The van der Waals surface area contributed by atoms with Crippen LogP contribution in [-0.4, -0.2) is 78.8 Å². The number of hydrogen-bond donors (Lipinski definition) is 0. The summed E-state index contributed by atoms with van der Waals surface area (Å²) in [5.74, 6) is -1.51. The molecule has 3 amide bonds. The summed E-state index contributed by atoms with van der Waals surface area (Å²) in [6, 6.07) is 7.82. The molecule has 2 aliphatic heterocycles. The predicted molar refractivity (Wildman–Crippen MR) is 156 cm³/mol. The van der Waals surface area contributed by atoms with Crippen molar-refractivity contribution in [3.8, 4) is 5.75 Å². The number of likely N-dealkylation sites (N-methyl/N-ethyl adjacent to an activating group) is 1. The SMILES string of the molecule is COc1ccc(C(=O)N(C)[C@@H]2CN(C(=O)C3CCN(C(=O)C4(C)CC4)CC3)CC2c2ccc(Cl)c(Cl)c2)cc1C(F)(F)F. The number of carbonyl (C=O) groups excluding carboxylic acids is 3. The van der Waals surface area contributed by atoms with Crippen LogP contribution >= 0.6 is 23.2 Å². The van der Waals surface area contributed by atoms with Gasteiger partial charge in [-0.1, -0.05) is 36.2 Å². The first kappa shape index (κ1) is 31.4. The zero-order chi connectivity index (χ0) is 31.3. The molecule has 1 unspecified atom stereocenters. The van der Waals surface area contributed by atoms with Crippen LogP contribution in [0, 0.1) is 11.3 Å². The highest BCUT2D eigenvalue weighted by Crippen LogP contribution is 2.47. The summed E-state index contributed by atoms with van der Waals surface area (Å²) in [6.07, 6.45) is -1.80. The van der Waals surface area contributed by atoms with E-state index in [4.69, 9.17) is 27.9 Å². The number of hydrogen-bond acceptors (Lipinski definition) is 4. The Hall–Kier alpha value is -2.98. The van der Waals surface area contributed by atoms with Gasteiger partial charge in [0.05, 0.1) is 28.8 Å². The highest BCUT2D eigenvalue weighted by Gasteiger charge is 2.48. The van der Waals surface area contributed by atoms with Crippen molar-refractivity contribution in [1.82, 2.24) is 14.7 Å². The van der Waals surface area contributed by atoms with Gasteiger partial charge in [-0.05, 0) is 61.6 Å². The number of ether oxygens (including phenoxy) is 1. The van der Waals surface area contributed by atoms with E-state index in [0.29, 0.717) is 42.5 Å². The van der Waals surface area contributed by atoms with Gasteiger partial charge in [-0.15, -0.1) is 0 Å². The standard InChI is InChI=1S/C31H34Cl2F3N3O4/c1-30(10-11-30)29(42)38-12-8-18(9-13-38)28(41)39-16-21(19-4-6-23(32)24(33)15-19)25(17-39)37(2)27(40)20-5-7-26(43-3)22(14-20)31(34,35)36/h4-7,14-15,18,21,25H,8-13,16-17H2,1-3H3/t21?,25-/m1/s1. The van der Waals surface area contributed by atoms with Crippen molar-refractivity contribution in [3.63, 3.8) is 0 Å². The molecule has 2 atom stereocenters. The van der Waals surface area contributed by atoms with E-state index in [0.717, 1.165) is 37.6 Å². The normalized spacial score (nSPS) is 22.0. The van der Waals surface area contributed by atoms with Crippen molar-refractivity contribution >= 4 is 40.9 Å². The fraction of sp³-hybridized carbons (Fsp3) is 0.516. The summed E-state index contributed by atoms with van der Waals surface area (Å²) < 4.78 is 45.9. The smallest absolute Gasteiger partial charge is 0.419 e. The molecule has 3 aliphatic rings. The summed E-state index contributed by atoms with van der Waals surface area (Å²) in [4.78, 5) is 45.1. The minimum atomic E-state index is -4.71. The molecule has 2 heterocycles. The molecule has 3 fully saturated rings. The lowest BCUT2D eigenvalue weighted by atomic mass is 9.92. The molecule has 2 aromatic carbocycles. The Kier molecular flexibility index (Phi) is 8.66. The molecule has 0 spiro atoms. The van der Waals surface area contributed by atoms with Crippen molar-refractivity contribution in [1.29, 1.82) is 0 Å². The monoisotopic (exact) mass is 639 g/mol. The minimum absolute atomic E-state index is 0.0538. The summed E-state index contributed by atoms with van der Waals surface area (Å²) in [5, 5.41) is 0.680. The lowest BCUT2D eigenvalue weighted by Gasteiger charge is -2.34. The zero-order valence-corrected chi connectivity index (χ0v) is 25.7. The molecule has 0 bridgehead atoms. The third-order valence-corrected chi connectivity index (χ3v) is 9.93. The van der Waals surface area contributed by atoms with Crippen molar-refractivity contribution in [3.05, 3.63) is 63.1 Å². The van der Waals surface area contributed by atoms with Gasteiger partial charge in [0.15, 0.2) is 0 Å². The minimum Gasteiger partial charge on any atom is -0.496 e. The van der Waals surface area contributed by atoms with Gasteiger partial charge in [-0.25, -0.2) is 0 Å². The van der Waals surface area contributed by atoms with Crippen LogP contribution in [0.15, 0.2) is 36.4 Å². The summed E-state index contributed by atoms with van der Waals surface area (Å²) in [6.45, 7) is 3.53. The fourth-order valence-corrected chi connectivity index (χ4v) is 6.52. The number of nitrogens with zero attached hydrogens (tertiary/aromatic N) is 3. The van der Waals surface area contributed by atoms with E-state index < -0.39 is 23.7 Å². The second-order valence-corrected chi connectivity index (χ2v) is 12.9. The molecule has 0 N–H and O–H groups in total. The predicted octanol–water partition coefficient (Wildman–Crippen LogP) is 6.13. The van der Waals surface area contributed by atoms with Crippen molar-refractivity contribution in [2.45, 2.75) is 50.7 Å². The van der Waals surface area contributed by atoms with Crippen molar-refractivity contribution in [2.24, 2.45) is 11.3 Å². The summed E-state index contributed by atoms with van der Waals surface area (Å²) in [7, 11) is 2.67. The van der Waals surface area contributed by atoms with E-state index in [1.807, 2.05) is 11.8 Å². The number of rotatable bonds is 6. The molecule has 2 aromatic rings. The topological polar surface area (TPSA) is 70.2 Å². The van der Waals surface area contributed by atoms with Crippen molar-refractivity contribution in [2.75, 3.05) is 40.3 Å². The Bertz CT molecular complexity index is 1420. The Morgan fingerprint density at radius 3 is 2.23 bits per heavy atom. The number of halogens is 5. The largest absolute Gasteiger partial charge is 0.496 e. The first-order valence-electron chi connectivity index (χ1n) is 14.3. The molecule has 12 heteroatoms. The lowest BCUT2D eigenvalue weighted by molar-refractivity contribution is -0.142. The molecule has 43 heavy (non-hydrogen) atoms. The number of alkyl halides is 3. The molecule has 7 nitrogen and oxygen atoms in total. The number of methoxy groups -OCH3 is 1. The van der Waals surface area contributed by atoms with Gasteiger partial charge in [0.1, 0.15) is 5.75 Å². The molecule has 1 saturated carbocycles. The molecule has 0 radical (unpaired) electrons. The van der Waals surface area contributed by atoms with Crippen LogP contribution in [0.25, 0.3) is 0 Å². The van der Waals surface area contributed by atoms with E-state index in [9.17, 15) is 27.6 Å². The van der Waals surface area contributed by atoms with Gasteiger partial charge in [0, 0.05) is 56.0 Å². The lowest BCUT2D eigenvalue weighted by Crippen LogP contribution is -2.46. The molecule has 1 aliphatic carbocycles. The number of carbonyl (C=O) groups is 3. The first-order chi connectivity index (χ1) is 20.2. The van der Waals surface area contributed by atoms with Gasteiger partial charge in [0.25, 0.3) is 5.91 Å². The van der Waals surface area contributed by atoms with Crippen LogP contribution in [0.1, 0.15) is 60.0 Å². The van der Waals surface area contributed by atoms with Crippen LogP contribution in [-0.2, 0) is 15.8 Å². The number of benzene rings is 2. The van der Waals surface area contributed by atoms with E-state index in [2.05, 4.69) is 0 Å². The van der Waals surface area contributed by atoms with E-state index >= 15 is 0 Å². The molecular weight excluding hydrogens is 606 g/mol. The average molecular weight is 641 g/mol. The maximum atomic E-state index is 13.8. The second kappa shape index (κ2) is 11.8. The number of amides is 3. The Morgan fingerprint density at radius 2 is 1.65 bits per heavy atom. The average Bonchev–Trinajstić information content (AvgIpc) is 3.59. The molecular formula is C31H34Cl2F3N3O4. The molecule has 232 valence electrons. The van der Waals surface area contributed by atoms with Crippen LogP contribution in [0.5, 0.6) is 5.75 Å². The molecule has 5 rings (SSSR count). The van der Waals surface area contributed by atoms with Crippen LogP contribution in [0.3, 0.4) is 0 Å².